The summed E-state index contributed by atoms with van der Waals surface area (Å²) in [6.45, 7) is 2.52. The summed E-state index contributed by atoms with van der Waals surface area (Å²) in [4.78, 5) is 7.66. The number of aliphatic hydroxyl groups is 1. The van der Waals surface area contributed by atoms with Gasteiger partial charge in [0.15, 0.2) is 0 Å². The molecule has 1 fully saturated rings. The van der Waals surface area contributed by atoms with Crippen LogP contribution < -0.4 is 10.1 Å². The van der Waals surface area contributed by atoms with Crippen molar-refractivity contribution in [1.82, 2.24) is 15.3 Å². The zero-order chi connectivity index (χ0) is 17.1. The van der Waals surface area contributed by atoms with Crippen LogP contribution in [0.2, 0.25) is 0 Å². The standard InChI is InChI=1S/C20H23N3O2/c24-13-20(7-10-21-11-8-20)14-25-17-6-9-22-19-18(17)16(12-23-19)15-4-2-1-3-5-15/h1-6,9,12,21,24H,7-8,10-11,13-14H2,(H,22,23). The minimum Gasteiger partial charge on any atom is -0.492 e. The summed E-state index contributed by atoms with van der Waals surface area (Å²) in [5, 5.41) is 14.2. The number of pyridine rings is 1. The Labute approximate surface area is 147 Å². The third-order valence-electron chi connectivity index (χ3n) is 5.15. The van der Waals surface area contributed by atoms with Crippen molar-refractivity contribution in [2.45, 2.75) is 12.8 Å². The predicted molar refractivity (Wildman–Crippen MR) is 98.6 cm³/mol. The molecule has 25 heavy (non-hydrogen) atoms. The van der Waals surface area contributed by atoms with Crippen molar-refractivity contribution in [3.05, 3.63) is 48.8 Å². The molecule has 4 rings (SSSR count). The van der Waals surface area contributed by atoms with Crippen LogP contribution in [0.15, 0.2) is 48.8 Å². The van der Waals surface area contributed by atoms with Gasteiger partial charge in [-0.15, -0.1) is 0 Å². The normalized spacial score (nSPS) is 16.8. The summed E-state index contributed by atoms with van der Waals surface area (Å²) in [5.41, 5.74) is 2.87. The zero-order valence-corrected chi connectivity index (χ0v) is 14.2. The van der Waals surface area contributed by atoms with E-state index in [1.165, 1.54) is 0 Å². The van der Waals surface area contributed by atoms with Crippen molar-refractivity contribution >= 4 is 11.0 Å². The quantitative estimate of drug-likeness (QED) is 0.669. The zero-order valence-electron chi connectivity index (χ0n) is 14.2. The van der Waals surface area contributed by atoms with E-state index in [1.807, 2.05) is 30.5 Å². The SMILES string of the molecule is OCC1(COc2ccnc3[nH]cc(-c4ccccc4)c23)CCNCC1. The van der Waals surface area contributed by atoms with Gasteiger partial charge in [0.1, 0.15) is 11.4 Å². The van der Waals surface area contributed by atoms with Gasteiger partial charge in [-0.25, -0.2) is 4.98 Å². The van der Waals surface area contributed by atoms with E-state index in [9.17, 15) is 5.11 Å². The van der Waals surface area contributed by atoms with Crippen LogP contribution in [0.4, 0.5) is 0 Å². The molecule has 2 aromatic heterocycles. The highest BCUT2D eigenvalue weighted by Gasteiger charge is 2.32. The Kier molecular flexibility index (Phi) is 4.42. The molecule has 0 radical (unpaired) electrons. The van der Waals surface area contributed by atoms with Crippen LogP contribution in [-0.2, 0) is 0 Å². The van der Waals surface area contributed by atoms with E-state index in [-0.39, 0.29) is 12.0 Å². The minimum absolute atomic E-state index is 0.154. The summed E-state index contributed by atoms with van der Waals surface area (Å²) < 4.78 is 6.23. The maximum absolute atomic E-state index is 9.90. The second-order valence-electron chi connectivity index (χ2n) is 6.80. The number of benzene rings is 1. The summed E-state index contributed by atoms with van der Waals surface area (Å²) in [6.07, 6.45) is 5.59. The van der Waals surface area contributed by atoms with Crippen molar-refractivity contribution in [3.63, 3.8) is 0 Å². The summed E-state index contributed by atoms with van der Waals surface area (Å²) in [5.74, 6) is 0.816. The molecule has 1 aliphatic heterocycles. The molecule has 5 nitrogen and oxygen atoms in total. The summed E-state index contributed by atoms with van der Waals surface area (Å²) in [6, 6.07) is 12.1. The fourth-order valence-electron chi connectivity index (χ4n) is 3.53. The monoisotopic (exact) mass is 337 g/mol. The molecule has 0 bridgehead atoms. The lowest BCUT2D eigenvalue weighted by Crippen LogP contribution is -2.43. The first kappa shape index (κ1) is 16.1. The van der Waals surface area contributed by atoms with Crippen molar-refractivity contribution in [3.8, 4) is 16.9 Å². The van der Waals surface area contributed by atoms with Gasteiger partial charge in [0, 0.05) is 23.4 Å². The Hall–Kier alpha value is -2.37. The van der Waals surface area contributed by atoms with E-state index >= 15 is 0 Å². The number of hydrogen-bond acceptors (Lipinski definition) is 4. The van der Waals surface area contributed by atoms with Gasteiger partial charge >= 0.3 is 0 Å². The fourth-order valence-corrected chi connectivity index (χ4v) is 3.53. The Morgan fingerprint density at radius 1 is 1.12 bits per heavy atom. The van der Waals surface area contributed by atoms with Crippen molar-refractivity contribution in [2.24, 2.45) is 5.41 Å². The maximum Gasteiger partial charge on any atom is 0.141 e. The number of aromatic nitrogens is 2. The van der Waals surface area contributed by atoms with Gasteiger partial charge in [-0.3, -0.25) is 0 Å². The fraction of sp³-hybridized carbons (Fsp3) is 0.350. The highest BCUT2D eigenvalue weighted by molar-refractivity contribution is 5.97. The number of ether oxygens (including phenoxy) is 1. The summed E-state index contributed by atoms with van der Waals surface area (Å²) in [7, 11) is 0. The number of aliphatic hydroxyl groups excluding tert-OH is 1. The number of nitrogens with zero attached hydrogens (tertiary/aromatic N) is 1. The number of nitrogens with one attached hydrogen (secondary N) is 2. The van der Waals surface area contributed by atoms with Gasteiger partial charge in [-0.05, 0) is 37.6 Å². The van der Waals surface area contributed by atoms with Crippen LogP contribution in [0.1, 0.15) is 12.8 Å². The molecule has 0 atom stereocenters. The average molecular weight is 337 g/mol. The largest absolute Gasteiger partial charge is 0.492 e. The Morgan fingerprint density at radius 3 is 2.68 bits per heavy atom. The molecule has 0 spiro atoms. The van der Waals surface area contributed by atoms with Gasteiger partial charge in [0.25, 0.3) is 0 Å². The second-order valence-corrected chi connectivity index (χ2v) is 6.80. The van der Waals surface area contributed by atoms with E-state index in [4.69, 9.17) is 4.74 Å². The van der Waals surface area contributed by atoms with Crippen LogP contribution in [0.5, 0.6) is 5.75 Å². The van der Waals surface area contributed by atoms with Crippen molar-refractivity contribution in [2.75, 3.05) is 26.3 Å². The first-order chi connectivity index (χ1) is 12.3. The van der Waals surface area contributed by atoms with Crippen LogP contribution in [0.25, 0.3) is 22.2 Å². The number of H-pyrrole nitrogens is 1. The number of aromatic amines is 1. The highest BCUT2D eigenvalue weighted by atomic mass is 16.5. The molecule has 0 aliphatic carbocycles. The van der Waals surface area contributed by atoms with Gasteiger partial charge in [-0.1, -0.05) is 30.3 Å². The molecular formula is C20H23N3O2. The van der Waals surface area contributed by atoms with Crippen LogP contribution >= 0.6 is 0 Å². The smallest absolute Gasteiger partial charge is 0.141 e. The van der Waals surface area contributed by atoms with Crippen molar-refractivity contribution < 1.29 is 9.84 Å². The summed E-state index contributed by atoms with van der Waals surface area (Å²) >= 11 is 0. The van der Waals surface area contributed by atoms with Gasteiger partial charge in [0.2, 0.25) is 0 Å². The predicted octanol–water partition coefficient (Wildman–Crippen LogP) is 2.97. The molecule has 3 N–H and O–H groups in total. The third kappa shape index (κ3) is 3.13. The third-order valence-corrected chi connectivity index (χ3v) is 5.15. The Bertz CT molecular complexity index is 839. The van der Waals surface area contributed by atoms with Crippen LogP contribution in [0, 0.1) is 5.41 Å². The van der Waals surface area contributed by atoms with Gasteiger partial charge in [0.05, 0.1) is 18.6 Å². The molecule has 1 aromatic carbocycles. The molecule has 0 saturated carbocycles. The molecule has 1 aliphatic rings. The highest BCUT2D eigenvalue weighted by Crippen LogP contribution is 2.36. The number of hydrogen-bond donors (Lipinski definition) is 3. The van der Waals surface area contributed by atoms with E-state index in [1.54, 1.807) is 6.20 Å². The molecular weight excluding hydrogens is 314 g/mol. The minimum atomic E-state index is -0.163. The molecule has 0 amide bonds. The van der Waals surface area contributed by atoms with Gasteiger partial charge in [-0.2, -0.15) is 0 Å². The van der Waals surface area contributed by atoms with Crippen LogP contribution in [0.3, 0.4) is 0 Å². The van der Waals surface area contributed by atoms with Gasteiger partial charge < -0.3 is 20.1 Å². The van der Waals surface area contributed by atoms with E-state index in [0.29, 0.717) is 6.61 Å². The number of rotatable bonds is 5. The van der Waals surface area contributed by atoms with E-state index in [0.717, 1.165) is 53.8 Å². The maximum atomic E-state index is 9.90. The lowest BCUT2D eigenvalue weighted by atomic mass is 9.80. The second kappa shape index (κ2) is 6.86. The lowest BCUT2D eigenvalue weighted by molar-refractivity contribution is 0.0395. The first-order valence-corrected chi connectivity index (χ1v) is 8.77. The number of piperidine rings is 1. The van der Waals surface area contributed by atoms with E-state index in [2.05, 4.69) is 27.4 Å². The number of fused-ring (bicyclic) bond motifs is 1. The Balaban J connectivity index is 1.67. The molecule has 0 unspecified atom stereocenters. The van der Waals surface area contributed by atoms with E-state index < -0.39 is 0 Å². The topological polar surface area (TPSA) is 70.2 Å². The van der Waals surface area contributed by atoms with Crippen molar-refractivity contribution in [1.29, 1.82) is 0 Å². The molecule has 3 aromatic rings. The molecule has 5 heteroatoms. The molecule has 130 valence electrons. The van der Waals surface area contributed by atoms with Crippen LogP contribution in [-0.4, -0.2) is 41.4 Å². The average Bonchev–Trinajstić information content (AvgIpc) is 3.12. The lowest BCUT2D eigenvalue weighted by Gasteiger charge is -2.35. The molecule has 1 saturated heterocycles. The first-order valence-electron chi connectivity index (χ1n) is 8.77. The molecule has 3 heterocycles. The Morgan fingerprint density at radius 2 is 1.92 bits per heavy atom.